The van der Waals surface area contributed by atoms with Crippen LogP contribution in [-0.4, -0.2) is 0 Å². The van der Waals surface area contributed by atoms with Gasteiger partial charge >= 0.3 is 0 Å². The van der Waals surface area contributed by atoms with Crippen molar-refractivity contribution in [2.45, 2.75) is 20.3 Å². The van der Waals surface area contributed by atoms with Gasteiger partial charge in [0.05, 0.1) is 0 Å². The van der Waals surface area contributed by atoms with Crippen molar-refractivity contribution in [1.82, 2.24) is 0 Å². The van der Waals surface area contributed by atoms with E-state index in [1.54, 1.807) is 11.3 Å². The molecule has 1 radical (unpaired) electrons. The van der Waals surface area contributed by atoms with E-state index >= 15 is 0 Å². The van der Waals surface area contributed by atoms with Crippen LogP contribution in [0.1, 0.15) is 18.7 Å². The first-order valence-electron chi connectivity index (χ1n) is 3.24. The monoisotopic (exact) mass is 139 g/mol. The lowest BCUT2D eigenvalue weighted by molar-refractivity contribution is 0.654. The molecule has 1 aromatic rings. The molecular weight excluding hydrogens is 128 g/mol. The smallest absolute Gasteiger partial charge is 0.0445 e. The van der Waals surface area contributed by atoms with Gasteiger partial charge in [-0.2, -0.15) is 0 Å². The quantitative estimate of drug-likeness (QED) is 0.591. The van der Waals surface area contributed by atoms with Gasteiger partial charge < -0.3 is 0 Å². The molecule has 0 aliphatic heterocycles. The third-order valence-corrected chi connectivity index (χ3v) is 1.96. The van der Waals surface area contributed by atoms with Crippen molar-refractivity contribution < 1.29 is 0 Å². The van der Waals surface area contributed by atoms with Gasteiger partial charge in [-0.15, -0.1) is 11.3 Å². The first-order valence-corrected chi connectivity index (χ1v) is 4.05. The molecule has 1 rings (SSSR count). The predicted molar refractivity (Wildman–Crippen MR) is 41.7 cm³/mol. The summed E-state index contributed by atoms with van der Waals surface area (Å²) in [5, 5.41) is 3.08. The second kappa shape index (κ2) is 3.02. The minimum absolute atomic E-state index is 0.775. The van der Waals surface area contributed by atoms with E-state index < -0.39 is 0 Å². The molecule has 0 aliphatic rings. The zero-order valence-electron chi connectivity index (χ0n) is 5.85. The molecule has 9 heavy (non-hydrogen) atoms. The Morgan fingerprint density at radius 3 is 2.89 bits per heavy atom. The summed E-state index contributed by atoms with van der Waals surface area (Å²) in [6.07, 6.45) is 1.20. The fourth-order valence-corrected chi connectivity index (χ4v) is 1.62. The summed E-state index contributed by atoms with van der Waals surface area (Å²) < 4.78 is 0. The van der Waals surface area contributed by atoms with Crippen molar-refractivity contribution in [2.75, 3.05) is 0 Å². The van der Waals surface area contributed by atoms with Crippen LogP contribution in [0, 0.1) is 11.3 Å². The highest BCUT2D eigenvalue weighted by atomic mass is 32.1. The molecule has 0 spiro atoms. The molecule has 0 saturated heterocycles. The van der Waals surface area contributed by atoms with E-state index in [0.717, 1.165) is 5.92 Å². The van der Waals surface area contributed by atoms with Gasteiger partial charge in [-0.1, -0.05) is 13.8 Å². The summed E-state index contributed by atoms with van der Waals surface area (Å²) >= 11 is 1.73. The van der Waals surface area contributed by atoms with Gasteiger partial charge in [0, 0.05) is 10.3 Å². The van der Waals surface area contributed by atoms with Gasteiger partial charge in [0.1, 0.15) is 0 Å². The van der Waals surface area contributed by atoms with Gasteiger partial charge in [0.15, 0.2) is 0 Å². The van der Waals surface area contributed by atoms with E-state index in [9.17, 15) is 0 Å². The van der Waals surface area contributed by atoms with E-state index in [0.29, 0.717) is 0 Å². The Labute approximate surface area is 60.5 Å². The molecule has 0 fully saturated rings. The van der Waals surface area contributed by atoms with Crippen LogP contribution in [0.2, 0.25) is 0 Å². The third-order valence-electron chi connectivity index (χ3n) is 1.14. The molecule has 1 heteroatoms. The molecule has 0 aliphatic carbocycles. The lowest BCUT2D eigenvalue weighted by atomic mass is 10.1. The molecule has 0 saturated carbocycles. The molecule has 0 atom stereocenters. The summed E-state index contributed by atoms with van der Waals surface area (Å²) in [6, 6.07) is 4.13. The fraction of sp³-hybridized carbons (Fsp3) is 0.500. The molecule has 1 heterocycles. The first kappa shape index (κ1) is 6.81. The molecule has 0 unspecified atom stereocenters. The lowest BCUT2D eigenvalue weighted by Crippen LogP contribution is -1.89. The Balaban J connectivity index is 2.48. The number of rotatable bonds is 2. The topological polar surface area (TPSA) is 0 Å². The number of thiophene rings is 1. The van der Waals surface area contributed by atoms with Gasteiger partial charge in [-0.3, -0.25) is 0 Å². The number of hydrogen-bond donors (Lipinski definition) is 0. The standard InChI is InChI=1S/C8H11S/c1-7(2)6-8-4-3-5-9-8/h3-4,7H,6H2,1-2H3. The normalized spacial score (nSPS) is 10.6. The second-order valence-corrected chi connectivity index (χ2v) is 3.58. The van der Waals surface area contributed by atoms with Crippen LogP contribution in [0.4, 0.5) is 0 Å². The summed E-state index contributed by atoms with van der Waals surface area (Å²) in [7, 11) is 0. The van der Waals surface area contributed by atoms with Crippen LogP contribution >= 0.6 is 11.3 Å². The highest BCUT2D eigenvalue weighted by molar-refractivity contribution is 7.09. The maximum Gasteiger partial charge on any atom is 0.0445 e. The van der Waals surface area contributed by atoms with Crippen LogP contribution in [-0.2, 0) is 6.42 Å². The zero-order valence-corrected chi connectivity index (χ0v) is 6.66. The Hall–Kier alpha value is -0.300. The summed E-state index contributed by atoms with van der Waals surface area (Å²) in [5.74, 6) is 0.775. The SMILES string of the molecule is CC(C)Cc1cc[c]s1. The summed E-state index contributed by atoms with van der Waals surface area (Å²) in [5.41, 5.74) is 0. The molecule has 0 aromatic carbocycles. The van der Waals surface area contributed by atoms with Crippen LogP contribution in [0.15, 0.2) is 12.1 Å². The van der Waals surface area contributed by atoms with Crippen molar-refractivity contribution in [3.05, 3.63) is 22.4 Å². The van der Waals surface area contributed by atoms with Gasteiger partial charge in [0.25, 0.3) is 0 Å². The summed E-state index contributed by atoms with van der Waals surface area (Å²) in [4.78, 5) is 1.45. The molecule has 0 nitrogen and oxygen atoms in total. The van der Waals surface area contributed by atoms with Gasteiger partial charge in [0.2, 0.25) is 0 Å². The van der Waals surface area contributed by atoms with Crippen molar-refractivity contribution in [1.29, 1.82) is 0 Å². The molecule has 49 valence electrons. The molecule has 0 N–H and O–H groups in total. The van der Waals surface area contributed by atoms with Gasteiger partial charge in [-0.25, -0.2) is 0 Å². The third kappa shape index (κ3) is 2.19. The highest BCUT2D eigenvalue weighted by Gasteiger charge is 1.96. The zero-order chi connectivity index (χ0) is 6.69. The Morgan fingerprint density at radius 2 is 2.44 bits per heavy atom. The fourth-order valence-electron chi connectivity index (χ4n) is 0.783. The van der Waals surface area contributed by atoms with Crippen LogP contribution < -0.4 is 0 Å². The van der Waals surface area contributed by atoms with Crippen LogP contribution in [0.25, 0.3) is 0 Å². The molecule has 1 aromatic heterocycles. The Bertz CT molecular complexity index is 151. The minimum atomic E-state index is 0.775. The highest BCUT2D eigenvalue weighted by Crippen LogP contribution is 2.12. The molecule has 0 bridgehead atoms. The molecular formula is C8H11S. The van der Waals surface area contributed by atoms with E-state index in [4.69, 9.17) is 0 Å². The van der Waals surface area contributed by atoms with E-state index in [1.807, 2.05) is 6.07 Å². The van der Waals surface area contributed by atoms with Crippen molar-refractivity contribution in [3.63, 3.8) is 0 Å². The van der Waals surface area contributed by atoms with Crippen LogP contribution in [0.3, 0.4) is 0 Å². The predicted octanol–water partition coefficient (Wildman–Crippen LogP) is 2.75. The maximum absolute atomic E-state index is 3.08. The largest absolute Gasteiger partial charge is 0.139 e. The second-order valence-electron chi connectivity index (χ2n) is 2.62. The first-order chi connectivity index (χ1) is 4.29. The Kier molecular flexibility index (Phi) is 2.29. The average molecular weight is 139 g/mol. The Morgan fingerprint density at radius 1 is 1.67 bits per heavy atom. The van der Waals surface area contributed by atoms with E-state index in [-0.39, 0.29) is 0 Å². The minimum Gasteiger partial charge on any atom is -0.139 e. The van der Waals surface area contributed by atoms with Gasteiger partial charge in [-0.05, 0) is 24.5 Å². The lowest BCUT2D eigenvalue weighted by Gasteiger charge is -1.98. The molecule has 0 amide bonds. The van der Waals surface area contributed by atoms with Crippen LogP contribution in [0.5, 0.6) is 0 Å². The van der Waals surface area contributed by atoms with Crippen molar-refractivity contribution in [2.24, 2.45) is 5.92 Å². The summed E-state index contributed by atoms with van der Waals surface area (Å²) in [6.45, 7) is 4.47. The average Bonchev–Trinajstić information content (AvgIpc) is 2.15. The van der Waals surface area contributed by atoms with Crippen molar-refractivity contribution in [3.8, 4) is 0 Å². The van der Waals surface area contributed by atoms with E-state index in [1.165, 1.54) is 11.3 Å². The number of hydrogen-bond acceptors (Lipinski definition) is 1. The van der Waals surface area contributed by atoms with E-state index in [2.05, 4.69) is 25.3 Å². The van der Waals surface area contributed by atoms with Crippen molar-refractivity contribution >= 4 is 11.3 Å². The maximum atomic E-state index is 3.08.